The van der Waals surface area contributed by atoms with E-state index in [1.165, 1.54) is 0 Å². The van der Waals surface area contributed by atoms with Gasteiger partial charge >= 0.3 is 0 Å². The van der Waals surface area contributed by atoms with Gasteiger partial charge in [0.1, 0.15) is 0 Å². The largest absolute Gasteiger partial charge is 0.312 e. The molecule has 0 bridgehead atoms. The third-order valence-electron chi connectivity index (χ3n) is 4.44. The highest BCUT2D eigenvalue weighted by molar-refractivity contribution is 6.04. The number of aryl methyl sites for hydroxylation is 1. The summed E-state index contributed by atoms with van der Waals surface area (Å²) in [6.07, 6.45) is 0.274. The van der Waals surface area contributed by atoms with Crippen molar-refractivity contribution in [2.75, 3.05) is 22.9 Å². The molecule has 0 spiro atoms. The highest BCUT2D eigenvalue weighted by atomic mass is 16.2. The Morgan fingerprint density at radius 2 is 1.92 bits per heavy atom. The zero-order chi connectivity index (χ0) is 17.1. The quantitative estimate of drug-likeness (QED) is 0.865. The molecule has 0 N–H and O–H groups in total. The molecular weight excluding hydrogens is 300 g/mol. The van der Waals surface area contributed by atoms with Crippen LogP contribution in [0.5, 0.6) is 0 Å². The highest BCUT2D eigenvalue weighted by Gasteiger charge is 2.37. The van der Waals surface area contributed by atoms with Crippen LogP contribution in [0.2, 0.25) is 0 Å². The second kappa shape index (κ2) is 6.87. The first-order valence-electron chi connectivity index (χ1n) is 8.33. The van der Waals surface area contributed by atoms with E-state index in [0.717, 1.165) is 16.9 Å². The van der Waals surface area contributed by atoms with Crippen LogP contribution in [-0.4, -0.2) is 24.9 Å². The monoisotopic (exact) mass is 322 g/mol. The van der Waals surface area contributed by atoms with Gasteiger partial charge in [0.05, 0.1) is 5.92 Å². The van der Waals surface area contributed by atoms with Crippen LogP contribution < -0.4 is 9.80 Å². The molecule has 1 atom stereocenters. The maximum atomic E-state index is 12.9. The predicted octanol–water partition coefficient (Wildman–Crippen LogP) is 3.40. The Hall–Kier alpha value is -2.62. The Bertz CT molecular complexity index is 742. The van der Waals surface area contributed by atoms with Gasteiger partial charge in [-0.15, -0.1) is 0 Å². The third kappa shape index (κ3) is 3.18. The van der Waals surface area contributed by atoms with Crippen molar-refractivity contribution in [2.45, 2.75) is 20.3 Å². The van der Waals surface area contributed by atoms with Crippen LogP contribution in [0, 0.1) is 12.8 Å². The highest BCUT2D eigenvalue weighted by Crippen LogP contribution is 2.28. The lowest BCUT2D eigenvalue weighted by atomic mass is 10.1. The van der Waals surface area contributed by atoms with Crippen molar-refractivity contribution >= 4 is 23.2 Å². The molecule has 0 aromatic heterocycles. The second-order valence-electron chi connectivity index (χ2n) is 6.16. The van der Waals surface area contributed by atoms with E-state index < -0.39 is 0 Å². The van der Waals surface area contributed by atoms with Crippen molar-refractivity contribution in [1.29, 1.82) is 0 Å². The molecule has 1 unspecified atom stereocenters. The maximum Gasteiger partial charge on any atom is 0.232 e. The normalized spacial score (nSPS) is 17.2. The zero-order valence-electron chi connectivity index (χ0n) is 14.1. The molecule has 0 aliphatic carbocycles. The molecule has 1 saturated heterocycles. The first-order chi connectivity index (χ1) is 11.6. The summed E-state index contributed by atoms with van der Waals surface area (Å²) in [5.41, 5.74) is 2.86. The van der Waals surface area contributed by atoms with E-state index in [4.69, 9.17) is 0 Å². The summed E-state index contributed by atoms with van der Waals surface area (Å²) in [7, 11) is 0. The lowest BCUT2D eigenvalue weighted by molar-refractivity contribution is -0.124. The number of amides is 2. The average molecular weight is 322 g/mol. The second-order valence-corrected chi connectivity index (χ2v) is 6.16. The number of para-hydroxylation sites is 1. The standard InChI is InChI=1S/C20H22N2O2/c1-3-21(17-9-5-4-6-10-17)20(24)16-13-19(23)22(14-16)18-11-7-8-15(2)12-18/h4-12,16H,3,13-14H2,1-2H3. The summed E-state index contributed by atoms with van der Waals surface area (Å²) in [6.45, 7) is 5.00. The molecule has 3 rings (SSSR count). The fourth-order valence-corrected chi connectivity index (χ4v) is 3.21. The summed E-state index contributed by atoms with van der Waals surface area (Å²) in [5.74, 6) is -0.256. The number of carbonyl (C=O) groups excluding carboxylic acids is 2. The lowest BCUT2D eigenvalue weighted by Gasteiger charge is -2.24. The number of benzene rings is 2. The number of anilines is 2. The van der Waals surface area contributed by atoms with Gasteiger partial charge in [-0.2, -0.15) is 0 Å². The minimum Gasteiger partial charge on any atom is -0.312 e. The van der Waals surface area contributed by atoms with E-state index in [2.05, 4.69) is 0 Å². The first kappa shape index (κ1) is 16.2. The van der Waals surface area contributed by atoms with Gasteiger partial charge in [0.15, 0.2) is 0 Å². The van der Waals surface area contributed by atoms with Gasteiger partial charge < -0.3 is 9.80 Å². The molecule has 2 aromatic rings. The van der Waals surface area contributed by atoms with E-state index in [9.17, 15) is 9.59 Å². The van der Waals surface area contributed by atoms with Crippen LogP contribution in [0.1, 0.15) is 18.9 Å². The van der Waals surface area contributed by atoms with Crippen molar-refractivity contribution in [3.8, 4) is 0 Å². The lowest BCUT2D eigenvalue weighted by Crippen LogP contribution is -2.37. The molecule has 0 saturated carbocycles. The van der Waals surface area contributed by atoms with Gasteiger partial charge in [0, 0.05) is 30.9 Å². The molecule has 1 aliphatic rings. The van der Waals surface area contributed by atoms with E-state index in [1.54, 1.807) is 9.80 Å². The van der Waals surface area contributed by atoms with Gasteiger partial charge in [-0.25, -0.2) is 0 Å². The van der Waals surface area contributed by atoms with Crippen LogP contribution in [0.3, 0.4) is 0 Å². The van der Waals surface area contributed by atoms with Crippen LogP contribution >= 0.6 is 0 Å². The molecule has 4 nitrogen and oxygen atoms in total. The number of nitrogens with zero attached hydrogens (tertiary/aromatic N) is 2. The summed E-state index contributed by atoms with van der Waals surface area (Å²) in [6, 6.07) is 17.5. The Kier molecular flexibility index (Phi) is 4.65. The molecular formula is C20H22N2O2. The molecule has 24 heavy (non-hydrogen) atoms. The SMILES string of the molecule is CCN(C(=O)C1CC(=O)N(c2cccc(C)c2)C1)c1ccccc1. The number of hydrogen-bond donors (Lipinski definition) is 0. The molecule has 124 valence electrons. The Morgan fingerprint density at radius 3 is 2.58 bits per heavy atom. The Labute approximate surface area is 142 Å². The van der Waals surface area contributed by atoms with E-state index >= 15 is 0 Å². The van der Waals surface area contributed by atoms with Crippen LogP contribution in [-0.2, 0) is 9.59 Å². The zero-order valence-corrected chi connectivity index (χ0v) is 14.1. The third-order valence-corrected chi connectivity index (χ3v) is 4.44. The van der Waals surface area contributed by atoms with Crippen LogP contribution in [0.15, 0.2) is 54.6 Å². The first-order valence-corrected chi connectivity index (χ1v) is 8.33. The molecule has 2 aromatic carbocycles. The molecule has 4 heteroatoms. The fraction of sp³-hybridized carbons (Fsp3) is 0.300. The van der Waals surface area contributed by atoms with Gasteiger partial charge in [-0.05, 0) is 43.7 Å². The van der Waals surface area contributed by atoms with Crippen molar-refractivity contribution in [2.24, 2.45) is 5.92 Å². The van der Waals surface area contributed by atoms with Gasteiger partial charge in [-0.1, -0.05) is 30.3 Å². The minimum absolute atomic E-state index is 0.0167. The summed E-state index contributed by atoms with van der Waals surface area (Å²) in [4.78, 5) is 28.8. The van der Waals surface area contributed by atoms with Gasteiger partial charge in [-0.3, -0.25) is 9.59 Å². The van der Waals surface area contributed by atoms with E-state index in [-0.39, 0.29) is 24.2 Å². The molecule has 1 aliphatic heterocycles. The predicted molar refractivity (Wildman–Crippen MR) is 96.1 cm³/mol. The number of rotatable bonds is 4. The van der Waals surface area contributed by atoms with Crippen molar-refractivity contribution in [3.63, 3.8) is 0 Å². The number of carbonyl (C=O) groups is 2. The Morgan fingerprint density at radius 1 is 1.17 bits per heavy atom. The van der Waals surface area contributed by atoms with Gasteiger partial charge in [0.25, 0.3) is 0 Å². The van der Waals surface area contributed by atoms with Crippen molar-refractivity contribution in [1.82, 2.24) is 0 Å². The van der Waals surface area contributed by atoms with E-state index in [0.29, 0.717) is 13.1 Å². The minimum atomic E-state index is -0.293. The summed E-state index contributed by atoms with van der Waals surface area (Å²) < 4.78 is 0. The topological polar surface area (TPSA) is 40.6 Å². The molecule has 1 fully saturated rings. The van der Waals surface area contributed by atoms with Crippen molar-refractivity contribution in [3.05, 3.63) is 60.2 Å². The van der Waals surface area contributed by atoms with E-state index in [1.807, 2.05) is 68.4 Å². The average Bonchev–Trinajstić information content (AvgIpc) is 2.98. The summed E-state index contributed by atoms with van der Waals surface area (Å²) >= 11 is 0. The molecule has 0 radical (unpaired) electrons. The van der Waals surface area contributed by atoms with Crippen molar-refractivity contribution < 1.29 is 9.59 Å². The molecule has 2 amide bonds. The van der Waals surface area contributed by atoms with Crippen LogP contribution in [0.4, 0.5) is 11.4 Å². The Balaban J connectivity index is 1.78. The molecule has 1 heterocycles. The fourth-order valence-electron chi connectivity index (χ4n) is 3.21. The summed E-state index contributed by atoms with van der Waals surface area (Å²) in [5, 5.41) is 0. The van der Waals surface area contributed by atoms with Gasteiger partial charge in [0.2, 0.25) is 11.8 Å². The van der Waals surface area contributed by atoms with Crippen LogP contribution in [0.25, 0.3) is 0 Å². The number of hydrogen-bond acceptors (Lipinski definition) is 2. The smallest absolute Gasteiger partial charge is 0.232 e. The maximum absolute atomic E-state index is 12.9.